The number of thiophene rings is 1. The molecule has 1 fully saturated rings. The van der Waals surface area contributed by atoms with Crippen molar-refractivity contribution in [2.45, 2.75) is 70.1 Å². The van der Waals surface area contributed by atoms with E-state index in [2.05, 4.69) is 17.6 Å². The van der Waals surface area contributed by atoms with Crippen molar-refractivity contribution in [1.29, 1.82) is 0 Å². The van der Waals surface area contributed by atoms with E-state index < -0.39 is 0 Å². The molecule has 2 aliphatic rings. The molecule has 2 aliphatic carbocycles. The lowest BCUT2D eigenvalue weighted by Crippen LogP contribution is -2.24. The lowest BCUT2D eigenvalue weighted by molar-refractivity contribution is -0.120. The molecule has 4 rings (SSSR count). The number of rotatable bonds is 8. The Morgan fingerprint density at radius 2 is 1.91 bits per heavy atom. The molecular formula is C27H34N2O4S2. The van der Waals surface area contributed by atoms with Crippen molar-refractivity contribution in [3.8, 4) is 0 Å². The molecule has 1 atom stereocenters. The molecule has 0 radical (unpaired) electrons. The number of anilines is 2. The minimum absolute atomic E-state index is 0.0899. The first kappa shape index (κ1) is 25.8. The van der Waals surface area contributed by atoms with Crippen LogP contribution in [0, 0.1) is 11.8 Å². The molecule has 0 bridgehead atoms. The van der Waals surface area contributed by atoms with E-state index in [9.17, 15) is 14.4 Å². The van der Waals surface area contributed by atoms with Crippen molar-refractivity contribution in [2.24, 2.45) is 11.8 Å². The van der Waals surface area contributed by atoms with Crippen LogP contribution in [0.2, 0.25) is 0 Å². The molecule has 1 aromatic carbocycles. The molecule has 0 spiro atoms. The van der Waals surface area contributed by atoms with Crippen LogP contribution in [0.3, 0.4) is 0 Å². The molecular weight excluding hydrogens is 480 g/mol. The molecule has 2 aromatic rings. The van der Waals surface area contributed by atoms with Crippen molar-refractivity contribution in [2.75, 3.05) is 23.0 Å². The number of thioether (sulfide) groups is 1. The van der Waals surface area contributed by atoms with Crippen molar-refractivity contribution in [3.63, 3.8) is 0 Å². The third-order valence-corrected chi connectivity index (χ3v) is 8.86. The quantitative estimate of drug-likeness (QED) is 0.319. The van der Waals surface area contributed by atoms with Gasteiger partial charge in [0, 0.05) is 21.4 Å². The minimum atomic E-state index is -0.357. The third-order valence-electron chi connectivity index (χ3n) is 6.69. The van der Waals surface area contributed by atoms with E-state index in [1.807, 2.05) is 24.3 Å². The SMILES string of the molecule is CCOC(=O)c1c(NC(=O)CSc2cccc(NC(=O)C3CCCCC3)c2)sc2c1CCC(C)C2. The highest BCUT2D eigenvalue weighted by Gasteiger charge is 2.29. The van der Waals surface area contributed by atoms with Crippen LogP contribution in [0.4, 0.5) is 10.7 Å². The van der Waals surface area contributed by atoms with Gasteiger partial charge in [0.1, 0.15) is 5.00 Å². The smallest absolute Gasteiger partial charge is 0.341 e. The van der Waals surface area contributed by atoms with Gasteiger partial charge in [0.15, 0.2) is 0 Å². The van der Waals surface area contributed by atoms with E-state index in [0.29, 0.717) is 23.1 Å². The van der Waals surface area contributed by atoms with E-state index in [-0.39, 0.29) is 29.5 Å². The fraction of sp³-hybridized carbons (Fsp3) is 0.519. The van der Waals surface area contributed by atoms with Gasteiger partial charge in [-0.05, 0) is 68.7 Å². The highest BCUT2D eigenvalue weighted by Crippen LogP contribution is 2.40. The molecule has 188 valence electrons. The molecule has 1 heterocycles. The highest BCUT2D eigenvalue weighted by molar-refractivity contribution is 8.00. The van der Waals surface area contributed by atoms with E-state index >= 15 is 0 Å². The summed E-state index contributed by atoms with van der Waals surface area (Å²) in [4.78, 5) is 40.1. The fourth-order valence-electron chi connectivity index (χ4n) is 4.84. The van der Waals surface area contributed by atoms with Gasteiger partial charge in [-0.25, -0.2) is 4.79 Å². The Bertz CT molecular complexity index is 1080. The summed E-state index contributed by atoms with van der Waals surface area (Å²) in [5.41, 5.74) is 2.33. The van der Waals surface area contributed by atoms with E-state index in [4.69, 9.17) is 4.74 Å². The largest absolute Gasteiger partial charge is 0.462 e. The van der Waals surface area contributed by atoms with Gasteiger partial charge >= 0.3 is 5.97 Å². The second-order valence-electron chi connectivity index (χ2n) is 9.47. The van der Waals surface area contributed by atoms with E-state index in [1.54, 1.807) is 6.92 Å². The molecule has 1 aromatic heterocycles. The highest BCUT2D eigenvalue weighted by atomic mass is 32.2. The second kappa shape index (κ2) is 12.1. The summed E-state index contributed by atoms with van der Waals surface area (Å²) in [5, 5.41) is 6.61. The van der Waals surface area contributed by atoms with Gasteiger partial charge < -0.3 is 15.4 Å². The zero-order chi connectivity index (χ0) is 24.8. The molecule has 0 aliphatic heterocycles. The zero-order valence-corrected chi connectivity index (χ0v) is 22.1. The summed E-state index contributed by atoms with van der Waals surface area (Å²) < 4.78 is 5.30. The number of hydrogen-bond donors (Lipinski definition) is 2. The number of fused-ring (bicyclic) bond motifs is 1. The molecule has 1 saturated carbocycles. The average Bonchev–Trinajstić information content (AvgIpc) is 3.20. The Morgan fingerprint density at radius 3 is 2.69 bits per heavy atom. The number of ether oxygens (including phenoxy) is 1. The Morgan fingerprint density at radius 1 is 1.11 bits per heavy atom. The van der Waals surface area contributed by atoms with Crippen molar-refractivity contribution >= 4 is 51.6 Å². The van der Waals surface area contributed by atoms with Crippen molar-refractivity contribution in [3.05, 3.63) is 40.3 Å². The molecule has 35 heavy (non-hydrogen) atoms. The van der Waals surface area contributed by atoms with E-state index in [1.165, 1.54) is 34.4 Å². The number of esters is 1. The Labute approximate surface area is 215 Å². The average molecular weight is 515 g/mol. The Kier molecular flexibility index (Phi) is 8.89. The van der Waals surface area contributed by atoms with Crippen molar-refractivity contribution in [1.82, 2.24) is 0 Å². The second-order valence-corrected chi connectivity index (χ2v) is 11.6. The van der Waals surface area contributed by atoms with Crippen LogP contribution in [0.15, 0.2) is 29.2 Å². The normalized spacial score (nSPS) is 17.9. The first-order valence-corrected chi connectivity index (χ1v) is 14.4. The zero-order valence-electron chi connectivity index (χ0n) is 20.5. The van der Waals surface area contributed by atoms with Gasteiger partial charge in [-0.3, -0.25) is 9.59 Å². The summed E-state index contributed by atoms with van der Waals surface area (Å²) in [6, 6.07) is 7.62. The molecule has 0 saturated heterocycles. The molecule has 1 unspecified atom stereocenters. The van der Waals surface area contributed by atoms with Crippen LogP contribution >= 0.6 is 23.1 Å². The van der Waals surface area contributed by atoms with Gasteiger partial charge in [0.2, 0.25) is 11.8 Å². The molecule has 6 nitrogen and oxygen atoms in total. The van der Waals surface area contributed by atoms with Gasteiger partial charge in [-0.15, -0.1) is 23.1 Å². The molecule has 2 amide bonds. The summed E-state index contributed by atoms with van der Waals surface area (Å²) in [6.45, 7) is 4.31. The van der Waals surface area contributed by atoms with E-state index in [0.717, 1.165) is 61.1 Å². The van der Waals surface area contributed by atoms with Crippen LogP contribution in [0.25, 0.3) is 0 Å². The van der Waals surface area contributed by atoms with Gasteiger partial charge in [0.25, 0.3) is 0 Å². The lowest BCUT2D eigenvalue weighted by Gasteiger charge is -2.20. The maximum absolute atomic E-state index is 12.8. The molecule has 2 N–H and O–H groups in total. The lowest BCUT2D eigenvalue weighted by atomic mass is 9.88. The van der Waals surface area contributed by atoms with Crippen LogP contribution in [0.5, 0.6) is 0 Å². The van der Waals surface area contributed by atoms with Crippen LogP contribution in [-0.4, -0.2) is 30.1 Å². The van der Waals surface area contributed by atoms with Crippen LogP contribution in [-0.2, 0) is 27.2 Å². The Hall–Kier alpha value is -2.32. The summed E-state index contributed by atoms with van der Waals surface area (Å²) >= 11 is 2.91. The standard InChI is InChI=1S/C27H34N2O4S2/c1-3-33-27(32)24-21-13-12-17(2)14-22(21)35-26(24)29-23(30)16-34-20-11-7-10-19(15-20)28-25(31)18-8-5-4-6-9-18/h7,10-11,15,17-18H,3-6,8-9,12-14,16H2,1-2H3,(H,28,31)(H,29,30). The topological polar surface area (TPSA) is 84.5 Å². The van der Waals surface area contributed by atoms with Gasteiger partial charge in [0.05, 0.1) is 17.9 Å². The predicted molar refractivity (Wildman–Crippen MR) is 142 cm³/mol. The maximum Gasteiger partial charge on any atom is 0.341 e. The number of carbonyl (C=O) groups is 3. The monoisotopic (exact) mass is 514 g/mol. The minimum Gasteiger partial charge on any atom is -0.462 e. The number of amides is 2. The van der Waals surface area contributed by atoms with Gasteiger partial charge in [-0.1, -0.05) is 32.3 Å². The first-order valence-electron chi connectivity index (χ1n) is 12.6. The maximum atomic E-state index is 12.8. The third kappa shape index (κ3) is 6.67. The van der Waals surface area contributed by atoms with Crippen LogP contribution in [0.1, 0.15) is 73.2 Å². The van der Waals surface area contributed by atoms with Crippen LogP contribution < -0.4 is 10.6 Å². The Balaban J connectivity index is 1.37. The predicted octanol–water partition coefficient (Wildman–Crippen LogP) is 6.30. The summed E-state index contributed by atoms with van der Waals surface area (Å²) in [5.74, 6) is 0.446. The van der Waals surface area contributed by atoms with Crippen molar-refractivity contribution < 1.29 is 19.1 Å². The fourth-order valence-corrected chi connectivity index (χ4v) is 7.01. The summed E-state index contributed by atoms with van der Waals surface area (Å²) in [6.07, 6.45) is 8.17. The number of nitrogens with one attached hydrogen (secondary N) is 2. The summed E-state index contributed by atoms with van der Waals surface area (Å²) in [7, 11) is 0. The van der Waals surface area contributed by atoms with Gasteiger partial charge in [-0.2, -0.15) is 0 Å². The molecule has 8 heteroatoms. The number of benzene rings is 1. The number of hydrogen-bond acceptors (Lipinski definition) is 6. The first-order chi connectivity index (χ1) is 16.9. The number of carbonyl (C=O) groups excluding carboxylic acids is 3.